The minimum Gasteiger partial charge on any atom is -0.270 e. The highest BCUT2D eigenvalue weighted by molar-refractivity contribution is 5.10. The molecule has 0 fully saturated rings. The van der Waals surface area contributed by atoms with Crippen molar-refractivity contribution < 1.29 is 0 Å². The van der Waals surface area contributed by atoms with Gasteiger partial charge in [-0.2, -0.15) is 5.10 Å². The second kappa shape index (κ2) is 5.18. The van der Waals surface area contributed by atoms with Crippen molar-refractivity contribution in [2.75, 3.05) is 0 Å². The molecule has 0 radical (unpaired) electrons. The lowest BCUT2D eigenvalue weighted by molar-refractivity contribution is 0.530. The van der Waals surface area contributed by atoms with Crippen LogP contribution in [0.15, 0.2) is 12.4 Å². The first-order valence-corrected chi connectivity index (χ1v) is 5.69. The first kappa shape index (κ1) is 11.3. The summed E-state index contributed by atoms with van der Waals surface area (Å²) in [6.45, 7) is 8.85. The summed E-state index contributed by atoms with van der Waals surface area (Å²) in [5.74, 6) is 0.655. The predicted molar refractivity (Wildman–Crippen MR) is 60.6 cm³/mol. The monoisotopic (exact) mass is 194 g/mol. The molecule has 0 amide bonds. The molecule has 0 aliphatic rings. The van der Waals surface area contributed by atoms with Crippen LogP contribution in [0.1, 0.15) is 64.5 Å². The molecule has 2 nitrogen and oxygen atoms in total. The zero-order valence-electron chi connectivity index (χ0n) is 9.83. The molecule has 1 rings (SSSR count). The largest absolute Gasteiger partial charge is 0.270 e. The van der Waals surface area contributed by atoms with E-state index in [9.17, 15) is 0 Å². The number of nitrogens with zero attached hydrogens (tertiary/aromatic N) is 2. The van der Waals surface area contributed by atoms with Crippen molar-refractivity contribution in [3.8, 4) is 0 Å². The van der Waals surface area contributed by atoms with E-state index < -0.39 is 0 Å². The van der Waals surface area contributed by atoms with Gasteiger partial charge in [0, 0.05) is 12.2 Å². The van der Waals surface area contributed by atoms with Crippen LogP contribution in [0.3, 0.4) is 0 Å². The first-order chi connectivity index (χ1) is 6.65. The Bertz CT molecular complexity index is 263. The molecule has 0 N–H and O–H groups in total. The highest BCUT2D eigenvalue weighted by Crippen LogP contribution is 2.21. The predicted octanol–water partition coefficient (Wildman–Crippen LogP) is 3.76. The molecule has 0 bridgehead atoms. The highest BCUT2D eigenvalue weighted by Gasteiger charge is 2.08. The normalized spacial score (nSPS) is 13.5. The molecule has 14 heavy (non-hydrogen) atoms. The first-order valence-electron chi connectivity index (χ1n) is 5.69. The van der Waals surface area contributed by atoms with E-state index in [0.29, 0.717) is 12.0 Å². The molecule has 1 unspecified atom stereocenters. The van der Waals surface area contributed by atoms with Crippen LogP contribution in [0.5, 0.6) is 0 Å². The van der Waals surface area contributed by atoms with Crippen LogP contribution < -0.4 is 0 Å². The number of rotatable bonds is 5. The molecule has 0 saturated heterocycles. The third-order valence-electron chi connectivity index (χ3n) is 2.71. The lowest BCUT2D eigenvalue weighted by Crippen LogP contribution is -2.00. The molecular weight excluding hydrogens is 172 g/mol. The zero-order chi connectivity index (χ0) is 10.6. The van der Waals surface area contributed by atoms with Gasteiger partial charge in [0.1, 0.15) is 0 Å². The van der Waals surface area contributed by atoms with E-state index in [2.05, 4.69) is 39.0 Å². The Morgan fingerprint density at radius 1 is 1.36 bits per heavy atom. The van der Waals surface area contributed by atoms with E-state index in [4.69, 9.17) is 0 Å². The molecule has 0 aliphatic heterocycles. The molecule has 0 saturated carbocycles. The van der Waals surface area contributed by atoms with Gasteiger partial charge in [-0.05, 0) is 31.7 Å². The molecule has 0 spiro atoms. The van der Waals surface area contributed by atoms with E-state index >= 15 is 0 Å². The van der Waals surface area contributed by atoms with E-state index in [1.54, 1.807) is 0 Å². The fourth-order valence-corrected chi connectivity index (χ4v) is 1.57. The van der Waals surface area contributed by atoms with E-state index in [-0.39, 0.29) is 0 Å². The van der Waals surface area contributed by atoms with E-state index in [1.165, 1.54) is 24.8 Å². The maximum atomic E-state index is 4.36. The topological polar surface area (TPSA) is 17.8 Å². The van der Waals surface area contributed by atoms with Crippen molar-refractivity contribution in [1.82, 2.24) is 9.78 Å². The summed E-state index contributed by atoms with van der Waals surface area (Å²) >= 11 is 0. The SMILES string of the molecule is CCCCC(C)c1cnn(C(C)C)c1. The van der Waals surface area contributed by atoms with Crippen LogP contribution in [0.4, 0.5) is 0 Å². The molecule has 1 atom stereocenters. The van der Waals surface area contributed by atoms with Gasteiger partial charge in [-0.3, -0.25) is 4.68 Å². The van der Waals surface area contributed by atoms with Gasteiger partial charge < -0.3 is 0 Å². The minimum atomic E-state index is 0.474. The molecule has 80 valence electrons. The summed E-state index contributed by atoms with van der Waals surface area (Å²) in [5, 5.41) is 4.36. The smallest absolute Gasteiger partial charge is 0.0524 e. The van der Waals surface area contributed by atoms with Gasteiger partial charge in [0.05, 0.1) is 6.20 Å². The minimum absolute atomic E-state index is 0.474. The van der Waals surface area contributed by atoms with Crippen molar-refractivity contribution in [3.63, 3.8) is 0 Å². The maximum Gasteiger partial charge on any atom is 0.0524 e. The highest BCUT2D eigenvalue weighted by atomic mass is 15.3. The average Bonchev–Trinajstić information content (AvgIpc) is 2.62. The number of hydrogen-bond acceptors (Lipinski definition) is 1. The van der Waals surface area contributed by atoms with Crippen molar-refractivity contribution in [3.05, 3.63) is 18.0 Å². The molecule has 1 aromatic heterocycles. The summed E-state index contributed by atoms with van der Waals surface area (Å²) in [7, 11) is 0. The van der Waals surface area contributed by atoms with Crippen LogP contribution in [0, 0.1) is 0 Å². The Morgan fingerprint density at radius 3 is 2.57 bits per heavy atom. The molecule has 0 aliphatic carbocycles. The van der Waals surface area contributed by atoms with Gasteiger partial charge in [0.2, 0.25) is 0 Å². The molecule has 1 aromatic rings. The molecule has 1 heterocycles. The van der Waals surface area contributed by atoms with Gasteiger partial charge in [0.15, 0.2) is 0 Å². The van der Waals surface area contributed by atoms with Crippen LogP contribution in [-0.4, -0.2) is 9.78 Å². The Hall–Kier alpha value is -0.790. The Kier molecular flexibility index (Phi) is 4.18. The van der Waals surface area contributed by atoms with Crippen LogP contribution in [-0.2, 0) is 0 Å². The summed E-state index contributed by atoms with van der Waals surface area (Å²) in [6, 6.07) is 0.474. The van der Waals surface area contributed by atoms with E-state index in [0.717, 1.165) is 0 Å². The second-order valence-corrected chi connectivity index (χ2v) is 4.39. The van der Waals surface area contributed by atoms with Gasteiger partial charge >= 0.3 is 0 Å². The standard InChI is InChI=1S/C12H22N2/c1-5-6-7-11(4)12-8-13-14(9-12)10(2)3/h8-11H,5-7H2,1-4H3. The van der Waals surface area contributed by atoms with Gasteiger partial charge in [-0.15, -0.1) is 0 Å². The number of aromatic nitrogens is 2. The quantitative estimate of drug-likeness (QED) is 0.698. The third-order valence-corrected chi connectivity index (χ3v) is 2.71. The van der Waals surface area contributed by atoms with Crippen molar-refractivity contribution >= 4 is 0 Å². The average molecular weight is 194 g/mol. The van der Waals surface area contributed by atoms with Crippen LogP contribution >= 0.6 is 0 Å². The number of hydrogen-bond donors (Lipinski definition) is 0. The summed E-state index contributed by atoms with van der Waals surface area (Å²) in [6.07, 6.45) is 8.07. The Labute approximate surface area is 87.3 Å². The summed E-state index contributed by atoms with van der Waals surface area (Å²) in [4.78, 5) is 0. The third kappa shape index (κ3) is 2.86. The number of unbranched alkanes of at least 4 members (excludes halogenated alkanes) is 1. The Balaban J connectivity index is 2.57. The van der Waals surface area contributed by atoms with E-state index in [1.807, 2.05) is 10.9 Å². The van der Waals surface area contributed by atoms with Gasteiger partial charge in [-0.1, -0.05) is 26.7 Å². The summed E-state index contributed by atoms with van der Waals surface area (Å²) in [5.41, 5.74) is 1.38. The molecule has 2 heteroatoms. The zero-order valence-corrected chi connectivity index (χ0v) is 9.83. The fourth-order valence-electron chi connectivity index (χ4n) is 1.57. The summed E-state index contributed by atoms with van der Waals surface area (Å²) < 4.78 is 2.04. The van der Waals surface area contributed by atoms with Crippen molar-refractivity contribution in [2.24, 2.45) is 0 Å². The maximum absolute atomic E-state index is 4.36. The van der Waals surface area contributed by atoms with Crippen LogP contribution in [0.2, 0.25) is 0 Å². The molecule has 0 aromatic carbocycles. The molecular formula is C12H22N2. The fraction of sp³-hybridized carbons (Fsp3) is 0.750. The van der Waals surface area contributed by atoms with Gasteiger partial charge in [0.25, 0.3) is 0 Å². The van der Waals surface area contributed by atoms with Crippen molar-refractivity contribution in [1.29, 1.82) is 0 Å². The lowest BCUT2D eigenvalue weighted by atomic mass is 9.99. The van der Waals surface area contributed by atoms with Gasteiger partial charge in [-0.25, -0.2) is 0 Å². The second-order valence-electron chi connectivity index (χ2n) is 4.39. The van der Waals surface area contributed by atoms with Crippen LogP contribution in [0.25, 0.3) is 0 Å². The lowest BCUT2D eigenvalue weighted by Gasteiger charge is -2.08. The van der Waals surface area contributed by atoms with Crippen molar-refractivity contribution in [2.45, 2.75) is 58.9 Å². The Morgan fingerprint density at radius 2 is 2.07 bits per heavy atom.